The molecular weight excluding hydrogens is 303 g/mol. The largest absolute Gasteiger partial charge is 0.372 e. The van der Waals surface area contributed by atoms with Crippen LogP contribution in [-0.4, -0.2) is 0 Å². The van der Waals surface area contributed by atoms with Gasteiger partial charge in [-0.1, -0.05) is 53.5 Å². The van der Waals surface area contributed by atoms with Crippen LogP contribution in [0.2, 0.25) is 10.0 Å². The summed E-state index contributed by atoms with van der Waals surface area (Å²) in [7, 11) is 0. The van der Waals surface area contributed by atoms with Crippen molar-refractivity contribution in [2.24, 2.45) is 0 Å². The molecule has 1 atom stereocenters. The monoisotopic (exact) mass is 312 g/mol. The van der Waals surface area contributed by atoms with Gasteiger partial charge in [0.25, 0.3) is 0 Å². The lowest BCUT2D eigenvalue weighted by Gasteiger charge is -2.14. The van der Waals surface area contributed by atoms with Crippen molar-refractivity contribution in [3.8, 4) is 0 Å². The number of rotatable bonds is 2. The van der Waals surface area contributed by atoms with E-state index in [9.17, 15) is 0 Å². The minimum Gasteiger partial charge on any atom is -0.372 e. The molecule has 0 spiro atoms. The number of ether oxygens (including phenoxy) is 1. The molecule has 4 heteroatoms. The van der Waals surface area contributed by atoms with Crippen molar-refractivity contribution >= 4 is 34.8 Å². The molecule has 1 heterocycles. The molecule has 19 heavy (non-hydrogen) atoms. The minimum absolute atomic E-state index is 0.308. The molecule has 2 aromatic rings. The Balaban J connectivity index is 2.00. The lowest BCUT2D eigenvalue weighted by molar-refractivity contribution is 0.134. The van der Waals surface area contributed by atoms with E-state index in [0.29, 0.717) is 23.3 Å². The van der Waals surface area contributed by atoms with Crippen molar-refractivity contribution in [3.05, 3.63) is 68.7 Å². The van der Waals surface area contributed by atoms with E-state index in [1.54, 1.807) is 6.07 Å². The maximum absolute atomic E-state index is 6.53. The van der Waals surface area contributed by atoms with Crippen molar-refractivity contribution in [1.29, 1.82) is 0 Å². The summed E-state index contributed by atoms with van der Waals surface area (Å²) in [5.41, 5.74) is 4.26. The van der Waals surface area contributed by atoms with Gasteiger partial charge in [0.1, 0.15) is 0 Å². The van der Waals surface area contributed by atoms with Crippen LogP contribution in [0.3, 0.4) is 0 Å². The van der Waals surface area contributed by atoms with E-state index in [4.69, 9.17) is 39.5 Å². The molecule has 0 N–H and O–H groups in total. The molecule has 0 fully saturated rings. The number of fused-ring (bicyclic) bond motifs is 1. The summed E-state index contributed by atoms with van der Waals surface area (Å²) < 4.78 is 5.41. The first-order chi connectivity index (χ1) is 9.16. The van der Waals surface area contributed by atoms with Crippen LogP contribution in [-0.2, 0) is 18.0 Å². The zero-order chi connectivity index (χ0) is 13.4. The summed E-state index contributed by atoms with van der Waals surface area (Å²) in [6.07, 6.45) is 0. The predicted molar refractivity (Wildman–Crippen MR) is 79.1 cm³/mol. The quantitative estimate of drug-likeness (QED) is 0.679. The van der Waals surface area contributed by atoms with Crippen molar-refractivity contribution < 1.29 is 4.74 Å². The average molecular weight is 314 g/mol. The zero-order valence-electron chi connectivity index (χ0n) is 10.00. The van der Waals surface area contributed by atoms with E-state index in [1.807, 2.05) is 18.2 Å². The van der Waals surface area contributed by atoms with Crippen LogP contribution in [0.1, 0.15) is 27.6 Å². The van der Waals surface area contributed by atoms with Crippen molar-refractivity contribution in [2.45, 2.75) is 18.6 Å². The molecule has 98 valence electrons. The molecule has 0 amide bonds. The third kappa shape index (κ3) is 2.48. The number of hydrogen-bond acceptors (Lipinski definition) is 1. The van der Waals surface area contributed by atoms with Crippen LogP contribution < -0.4 is 0 Å². The summed E-state index contributed by atoms with van der Waals surface area (Å²) in [5.74, 6) is 0. The number of hydrogen-bond donors (Lipinski definition) is 0. The first-order valence-corrected chi connectivity index (χ1v) is 7.13. The van der Waals surface area contributed by atoms with Gasteiger partial charge in [0.05, 0.1) is 28.6 Å². The number of benzene rings is 2. The van der Waals surface area contributed by atoms with Crippen LogP contribution in [0.25, 0.3) is 0 Å². The fourth-order valence-corrected chi connectivity index (χ4v) is 3.04. The summed E-state index contributed by atoms with van der Waals surface area (Å²) >= 11 is 18.8. The maximum atomic E-state index is 6.53. The van der Waals surface area contributed by atoms with Gasteiger partial charge in [0.2, 0.25) is 0 Å². The summed E-state index contributed by atoms with van der Waals surface area (Å²) in [4.78, 5) is 0. The van der Waals surface area contributed by atoms with Gasteiger partial charge in [0.15, 0.2) is 0 Å². The molecule has 0 radical (unpaired) electrons. The molecular formula is C15H11Cl3O. The molecule has 3 rings (SSSR count). The molecule has 0 saturated heterocycles. The molecule has 1 aliphatic rings. The van der Waals surface area contributed by atoms with Crippen LogP contribution >= 0.6 is 34.8 Å². The molecule has 1 unspecified atom stereocenters. The van der Waals surface area contributed by atoms with Gasteiger partial charge >= 0.3 is 0 Å². The highest BCUT2D eigenvalue weighted by atomic mass is 35.5. The summed E-state index contributed by atoms with van der Waals surface area (Å²) in [6, 6.07) is 11.7. The summed E-state index contributed by atoms with van der Waals surface area (Å²) in [6.45, 7) is 1.33. The Morgan fingerprint density at radius 1 is 1.00 bits per heavy atom. The second-order valence-electron chi connectivity index (χ2n) is 4.53. The molecule has 0 aromatic heterocycles. The van der Waals surface area contributed by atoms with Crippen molar-refractivity contribution in [3.63, 3.8) is 0 Å². The minimum atomic E-state index is -0.308. The highest BCUT2D eigenvalue weighted by Crippen LogP contribution is 2.38. The van der Waals surface area contributed by atoms with Crippen LogP contribution in [0, 0.1) is 0 Å². The molecule has 0 bridgehead atoms. The fourth-order valence-electron chi connectivity index (χ4n) is 2.25. The lowest BCUT2D eigenvalue weighted by atomic mass is 10.00. The van der Waals surface area contributed by atoms with Gasteiger partial charge in [-0.25, -0.2) is 0 Å². The Bertz CT molecular complexity index is 625. The van der Waals surface area contributed by atoms with E-state index in [1.165, 1.54) is 11.1 Å². The topological polar surface area (TPSA) is 9.23 Å². The Kier molecular flexibility index (Phi) is 3.72. The fraction of sp³-hybridized carbons (Fsp3) is 0.200. The standard InChI is InChI=1S/C15H11Cl3O/c16-13-3-1-2-12(15(13)18)14(17)9-4-5-10-7-19-8-11(10)6-9/h1-6,14H,7-8H2. The maximum Gasteiger partial charge on any atom is 0.0850 e. The number of halogens is 3. The first-order valence-electron chi connectivity index (χ1n) is 5.94. The van der Waals surface area contributed by atoms with Gasteiger partial charge in [-0.3, -0.25) is 0 Å². The average Bonchev–Trinajstić information content (AvgIpc) is 2.88. The van der Waals surface area contributed by atoms with Crippen molar-refractivity contribution in [2.75, 3.05) is 0 Å². The first kappa shape index (κ1) is 13.3. The second kappa shape index (κ2) is 5.34. The van der Waals surface area contributed by atoms with E-state index in [0.717, 1.165) is 11.1 Å². The normalized spacial score (nSPS) is 15.3. The Morgan fingerprint density at radius 2 is 1.79 bits per heavy atom. The van der Waals surface area contributed by atoms with Crippen LogP contribution in [0.15, 0.2) is 36.4 Å². The van der Waals surface area contributed by atoms with Gasteiger partial charge in [-0.2, -0.15) is 0 Å². The highest BCUT2D eigenvalue weighted by Gasteiger charge is 2.18. The Hall–Kier alpha value is -0.730. The van der Waals surface area contributed by atoms with E-state index < -0.39 is 0 Å². The molecule has 0 aliphatic carbocycles. The highest BCUT2D eigenvalue weighted by molar-refractivity contribution is 6.43. The molecule has 1 aliphatic heterocycles. The molecule has 0 saturated carbocycles. The van der Waals surface area contributed by atoms with Gasteiger partial charge < -0.3 is 4.74 Å². The molecule has 1 nitrogen and oxygen atoms in total. The lowest BCUT2D eigenvalue weighted by Crippen LogP contribution is -1.96. The van der Waals surface area contributed by atoms with Crippen molar-refractivity contribution in [1.82, 2.24) is 0 Å². The van der Waals surface area contributed by atoms with Gasteiger partial charge in [0, 0.05) is 0 Å². The Morgan fingerprint density at radius 3 is 2.63 bits per heavy atom. The third-order valence-electron chi connectivity index (χ3n) is 3.29. The third-order valence-corrected chi connectivity index (χ3v) is 4.61. The van der Waals surface area contributed by atoms with Crippen LogP contribution in [0.4, 0.5) is 0 Å². The Labute approximate surface area is 127 Å². The van der Waals surface area contributed by atoms with E-state index in [2.05, 4.69) is 12.1 Å². The molecule has 2 aromatic carbocycles. The number of alkyl halides is 1. The summed E-state index contributed by atoms with van der Waals surface area (Å²) in [5, 5.41) is 0.729. The smallest absolute Gasteiger partial charge is 0.0850 e. The van der Waals surface area contributed by atoms with Gasteiger partial charge in [-0.15, -0.1) is 11.6 Å². The van der Waals surface area contributed by atoms with E-state index in [-0.39, 0.29) is 5.38 Å². The van der Waals surface area contributed by atoms with E-state index >= 15 is 0 Å². The van der Waals surface area contributed by atoms with Gasteiger partial charge in [-0.05, 0) is 28.3 Å². The second-order valence-corrected chi connectivity index (χ2v) is 5.75. The SMILES string of the molecule is Clc1cccc(C(Cl)c2ccc3c(c2)COC3)c1Cl. The van der Waals surface area contributed by atoms with Crippen LogP contribution in [0.5, 0.6) is 0 Å². The zero-order valence-corrected chi connectivity index (χ0v) is 12.3. The predicted octanol–water partition coefficient (Wildman–Crippen LogP) is 5.35.